The lowest BCUT2D eigenvalue weighted by molar-refractivity contribution is -0.136. The normalized spacial score (nSPS) is 38.3. The number of carboxylic acid groups (broad SMARTS) is 1. The van der Waals surface area contributed by atoms with E-state index < -0.39 is 5.97 Å². The maximum atomic E-state index is 11.0. The zero-order valence-corrected chi connectivity index (χ0v) is 11.5. The van der Waals surface area contributed by atoms with Gasteiger partial charge in [-0.15, -0.1) is 0 Å². The van der Waals surface area contributed by atoms with Crippen LogP contribution in [0, 0.1) is 23.7 Å². The summed E-state index contributed by atoms with van der Waals surface area (Å²) in [7, 11) is 0. The van der Waals surface area contributed by atoms with Gasteiger partial charge < -0.3 is 10.8 Å². The monoisotopic (exact) mass is 275 g/mol. The average Bonchev–Trinajstić information content (AvgIpc) is 2.67. The van der Waals surface area contributed by atoms with Crippen molar-refractivity contribution in [3.8, 4) is 0 Å². The Balaban J connectivity index is 1.69. The molecule has 4 aliphatic rings. The Morgan fingerprint density at radius 1 is 1.25 bits per heavy atom. The Morgan fingerprint density at radius 2 is 1.85 bits per heavy atom. The topological polar surface area (TPSA) is 81.1 Å². The molecule has 4 bridgehead atoms. The third-order valence-electron chi connectivity index (χ3n) is 5.62. The second-order valence-corrected chi connectivity index (χ2v) is 7.00. The van der Waals surface area contributed by atoms with E-state index in [4.69, 9.17) is 10.8 Å². The summed E-state index contributed by atoms with van der Waals surface area (Å²) in [6.45, 7) is 0. The Labute approximate surface area is 118 Å². The fourth-order valence-corrected chi connectivity index (χ4v) is 5.30. The Hall–Kier alpha value is -1.52. The first-order valence-electron chi connectivity index (χ1n) is 7.66. The van der Waals surface area contributed by atoms with Gasteiger partial charge in [0.2, 0.25) is 0 Å². The van der Waals surface area contributed by atoms with E-state index in [0.29, 0.717) is 23.7 Å². The lowest BCUT2D eigenvalue weighted by Crippen LogP contribution is -2.46. The number of aromatic nitrogens is 2. The molecule has 108 valence electrons. The molecule has 1 heterocycles. The van der Waals surface area contributed by atoms with E-state index in [9.17, 15) is 4.79 Å². The molecule has 0 aromatic carbocycles. The number of nitrogen functional groups attached to an aromatic ring is 1. The maximum absolute atomic E-state index is 11.0. The summed E-state index contributed by atoms with van der Waals surface area (Å²) in [4.78, 5) is 11.0. The molecule has 4 aliphatic carbocycles. The van der Waals surface area contributed by atoms with Crippen LogP contribution in [0.5, 0.6) is 0 Å². The summed E-state index contributed by atoms with van der Waals surface area (Å²) >= 11 is 0. The average molecular weight is 275 g/mol. The molecule has 0 saturated heterocycles. The van der Waals surface area contributed by atoms with Crippen LogP contribution in [0.25, 0.3) is 0 Å². The highest BCUT2D eigenvalue weighted by atomic mass is 16.4. The molecule has 4 fully saturated rings. The van der Waals surface area contributed by atoms with Crippen LogP contribution in [0.4, 0.5) is 5.82 Å². The predicted molar refractivity (Wildman–Crippen MR) is 74.1 cm³/mol. The minimum Gasteiger partial charge on any atom is -0.481 e. The highest BCUT2D eigenvalue weighted by Crippen LogP contribution is 2.58. The van der Waals surface area contributed by atoms with Gasteiger partial charge in [-0.1, -0.05) is 0 Å². The van der Waals surface area contributed by atoms with Gasteiger partial charge >= 0.3 is 5.97 Å². The van der Waals surface area contributed by atoms with Gasteiger partial charge in [0.25, 0.3) is 0 Å². The van der Waals surface area contributed by atoms with Crippen molar-refractivity contribution < 1.29 is 9.90 Å². The number of hydrogen-bond acceptors (Lipinski definition) is 3. The van der Waals surface area contributed by atoms with Gasteiger partial charge in [-0.05, 0) is 55.8 Å². The highest BCUT2D eigenvalue weighted by molar-refractivity contribution is 5.70. The molecule has 0 unspecified atom stereocenters. The van der Waals surface area contributed by atoms with Crippen LogP contribution in [0.2, 0.25) is 0 Å². The van der Waals surface area contributed by atoms with Gasteiger partial charge in [-0.2, -0.15) is 5.10 Å². The van der Waals surface area contributed by atoms with Crippen molar-refractivity contribution >= 4 is 11.8 Å². The molecule has 5 nitrogen and oxygen atoms in total. The van der Waals surface area contributed by atoms with E-state index in [0.717, 1.165) is 17.5 Å². The fraction of sp³-hybridized carbons (Fsp3) is 0.733. The number of anilines is 1. The molecule has 3 N–H and O–H groups in total. The molecule has 5 heteroatoms. The first kappa shape index (κ1) is 12.2. The lowest BCUT2D eigenvalue weighted by Gasteiger charge is -2.54. The summed E-state index contributed by atoms with van der Waals surface area (Å²) in [5.41, 5.74) is 6.59. The molecule has 0 amide bonds. The van der Waals surface area contributed by atoms with E-state index >= 15 is 0 Å². The van der Waals surface area contributed by atoms with Crippen LogP contribution < -0.4 is 5.73 Å². The first-order valence-corrected chi connectivity index (χ1v) is 7.66. The number of nitrogens with zero attached hydrogens (tertiary/aromatic N) is 2. The number of carboxylic acids is 1. The van der Waals surface area contributed by atoms with E-state index in [-0.39, 0.29) is 6.42 Å². The van der Waals surface area contributed by atoms with Crippen LogP contribution in [-0.2, 0) is 11.2 Å². The molecule has 0 aliphatic heterocycles. The summed E-state index contributed by atoms with van der Waals surface area (Å²) in [6, 6.07) is 2.12. The van der Waals surface area contributed by atoms with Crippen LogP contribution in [0.3, 0.4) is 0 Å². The lowest BCUT2D eigenvalue weighted by atomic mass is 9.54. The van der Waals surface area contributed by atoms with Crippen molar-refractivity contribution in [2.24, 2.45) is 23.7 Å². The van der Waals surface area contributed by atoms with Gasteiger partial charge in [0.15, 0.2) is 0 Å². The second-order valence-electron chi connectivity index (χ2n) is 7.00. The molecule has 0 radical (unpaired) electrons. The Kier molecular flexibility index (Phi) is 2.59. The minimum atomic E-state index is -0.810. The van der Waals surface area contributed by atoms with Crippen molar-refractivity contribution in [3.63, 3.8) is 0 Å². The summed E-state index contributed by atoms with van der Waals surface area (Å²) < 4.78 is 1.97. The zero-order valence-electron chi connectivity index (χ0n) is 11.5. The van der Waals surface area contributed by atoms with Crippen molar-refractivity contribution in [2.45, 2.75) is 44.6 Å². The molecule has 1 aromatic heterocycles. The van der Waals surface area contributed by atoms with Gasteiger partial charge in [0, 0.05) is 6.07 Å². The number of hydrogen-bond donors (Lipinski definition) is 2. The molecular formula is C15H21N3O2. The van der Waals surface area contributed by atoms with Gasteiger partial charge in [0.05, 0.1) is 18.2 Å². The van der Waals surface area contributed by atoms with Crippen LogP contribution >= 0.6 is 0 Å². The third kappa shape index (κ3) is 1.83. The van der Waals surface area contributed by atoms with Crippen LogP contribution in [-0.4, -0.2) is 20.9 Å². The minimum absolute atomic E-state index is 0.0208. The van der Waals surface area contributed by atoms with Gasteiger partial charge in [-0.3, -0.25) is 9.48 Å². The highest BCUT2D eigenvalue weighted by Gasteiger charge is 2.49. The predicted octanol–water partition coefficient (Wildman–Crippen LogP) is 2.09. The Morgan fingerprint density at radius 3 is 2.40 bits per heavy atom. The number of carbonyl (C=O) groups is 1. The first-order chi connectivity index (χ1) is 9.60. The Bertz CT molecular complexity index is 523. The van der Waals surface area contributed by atoms with E-state index in [1.54, 1.807) is 6.07 Å². The number of nitrogens with two attached hydrogens (primary N) is 1. The molecule has 20 heavy (non-hydrogen) atoms. The summed E-state index contributed by atoms with van der Waals surface area (Å²) in [5, 5.41) is 13.5. The van der Waals surface area contributed by atoms with Crippen LogP contribution in [0.15, 0.2) is 6.07 Å². The van der Waals surface area contributed by atoms with Crippen molar-refractivity contribution in [1.29, 1.82) is 0 Å². The summed E-state index contributed by atoms with van der Waals surface area (Å²) in [5.74, 6) is 2.82. The quantitative estimate of drug-likeness (QED) is 0.885. The summed E-state index contributed by atoms with van der Waals surface area (Å²) in [6.07, 6.45) is 6.62. The molecule has 0 atom stereocenters. The molecule has 1 aromatic rings. The molecule has 0 spiro atoms. The third-order valence-corrected chi connectivity index (χ3v) is 5.62. The SMILES string of the molecule is Nc1cc(CC(=O)O)n(C2C3CC4CC(C3)CC2C4)n1. The largest absolute Gasteiger partial charge is 0.481 e. The zero-order chi connectivity index (χ0) is 13.9. The molecular weight excluding hydrogens is 254 g/mol. The van der Waals surface area contributed by atoms with Crippen molar-refractivity contribution in [2.75, 3.05) is 5.73 Å². The molecule has 5 rings (SSSR count). The van der Waals surface area contributed by atoms with E-state index in [1.165, 1.54) is 32.1 Å². The number of rotatable bonds is 3. The van der Waals surface area contributed by atoms with E-state index in [1.807, 2.05) is 4.68 Å². The smallest absolute Gasteiger partial charge is 0.309 e. The maximum Gasteiger partial charge on any atom is 0.309 e. The standard InChI is InChI=1S/C15H21N3O2/c16-13-6-12(7-14(19)20)18(17-13)15-10-2-8-1-9(4-10)5-11(15)3-8/h6,8-11,15H,1-5,7H2,(H2,16,17)(H,19,20). The van der Waals surface area contributed by atoms with Crippen molar-refractivity contribution in [3.05, 3.63) is 11.8 Å². The fourth-order valence-electron chi connectivity index (χ4n) is 5.30. The van der Waals surface area contributed by atoms with Crippen molar-refractivity contribution in [1.82, 2.24) is 9.78 Å². The van der Waals surface area contributed by atoms with Gasteiger partial charge in [0.1, 0.15) is 5.82 Å². The van der Waals surface area contributed by atoms with Gasteiger partial charge in [-0.25, -0.2) is 0 Å². The van der Waals surface area contributed by atoms with E-state index in [2.05, 4.69) is 5.10 Å². The van der Waals surface area contributed by atoms with Crippen LogP contribution in [0.1, 0.15) is 43.8 Å². The molecule has 4 saturated carbocycles. The second kappa shape index (κ2) is 4.24. The number of aliphatic carboxylic acids is 1.